The summed E-state index contributed by atoms with van der Waals surface area (Å²) in [4.78, 5) is 62.4. The van der Waals surface area contributed by atoms with Gasteiger partial charge in [-0.25, -0.2) is 9.78 Å². The molecule has 0 radical (unpaired) electrons. The second-order valence-electron chi connectivity index (χ2n) is 18.9. The van der Waals surface area contributed by atoms with Gasteiger partial charge in [0.15, 0.2) is 5.82 Å². The fraction of sp³-hybridized carbons (Fsp3) is 0.327. The minimum atomic E-state index is -1.80. The highest BCUT2D eigenvalue weighted by Gasteiger charge is 2.51. The monoisotopic (exact) mass is 973 g/mol. The van der Waals surface area contributed by atoms with Crippen molar-refractivity contribution >= 4 is 28.7 Å². The number of ether oxygens (including phenoxy) is 3. The number of aromatic hydroxyl groups is 3. The first-order valence-corrected chi connectivity index (χ1v) is 24.4. The zero-order valence-electron chi connectivity index (χ0n) is 40.7. The molecular formula is C55H55N7O10. The zero-order valence-corrected chi connectivity index (χ0v) is 40.7. The maximum atomic E-state index is 14.2. The lowest BCUT2D eigenvalue weighted by Crippen LogP contribution is -2.49. The van der Waals surface area contributed by atoms with Crippen molar-refractivity contribution < 1.29 is 43.9 Å². The molecule has 3 aromatic heterocycles. The Morgan fingerprint density at radius 2 is 1.60 bits per heavy atom. The van der Waals surface area contributed by atoms with Crippen LogP contribution in [0.4, 0.5) is 0 Å². The van der Waals surface area contributed by atoms with Gasteiger partial charge in [0.05, 0.1) is 40.5 Å². The molecular weight excluding hydrogens is 919 g/mol. The van der Waals surface area contributed by atoms with E-state index in [4.69, 9.17) is 19.2 Å². The molecule has 4 N–H and O–H groups in total. The van der Waals surface area contributed by atoms with Crippen LogP contribution in [0.1, 0.15) is 104 Å². The Labute approximate surface area is 414 Å². The number of cyclic esters (lactones) is 1. The summed E-state index contributed by atoms with van der Waals surface area (Å²) >= 11 is 0. The van der Waals surface area contributed by atoms with Gasteiger partial charge in [-0.15, -0.1) is 10.2 Å². The molecule has 4 aromatic carbocycles. The van der Waals surface area contributed by atoms with E-state index in [1.54, 1.807) is 77.6 Å². The summed E-state index contributed by atoms with van der Waals surface area (Å²) in [5, 5.41) is 43.7. The molecule has 0 aliphatic carbocycles. The third-order valence-corrected chi connectivity index (χ3v) is 14.2. The Morgan fingerprint density at radius 3 is 2.28 bits per heavy atom. The summed E-state index contributed by atoms with van der Waals surface area (Å²) < 4.78 is 21.3. The number of carbonyl (C=O) groups is 3. The molecule has 0 spiro atoms. The van der Waals surface area contributed by atoms with Gasteiger partial charge in [0.2, 0.25) is 11.4 Å². The van der Waals surface area contributed by atoms with Gasteiger partial charge >= 0.3 is 11.9 Å². The second-order valence-corrected chi connectivity index (χ2v) is 18.9. The number of nitrogens with one attached hydrogen (secondary N) is 1. The molecule has 0 saturated carbocycles. The van der Waals surface area contributed by atoms with Crippen LogP contribution >= 0.6 is 0 Å². The molecule has 370 valence electrons. The van der Waals surface area contributed by atoms with E-state index in [9.17, 15) is 34.5 Å². The number of carbonyl (C=O) groups excluding carboxylic acids is 3. The number of aromatic nitrogens is 5. The Kier molecular flexibility index (Phi) is 12.5. The first-order valence-electron chi connectivity index (χ1n) is 24.4. The van der Waals surface area contributed by atoms with Crippen molar-refractivity contribution in [3.63, 3.8) is 0 Å². The summed E-state index contributed by atoms with van der Waals surface area (Å²) in [5.41, 5.74) is 4.75. The van der Waals surface area contributed by atoms with Crippen LogP contribution in [-0.2, 0) is 50.8 Å². The van der Waals surface area contributed by atoms with E-state index in [0.29, 0.717) is 96.2 Å². The highest BCUT2D eigenvalue weighted by Crippen LogP contribution is 2.44. The Hall–Kier alpha value is -8.05. The van der Waals surface area contributed by atoms with Crippen molar-refractivity contribution in [1.29, 1.82) is 0 Å². The van der Waals surface area contributed by atoms with Crippen LogP contribution < -0.4 is 15.6 Å². The van der Waals surface area contributed by atoms with Gasteiger partial charge in [0, 0.05) is 41.4 Å². The topological polar surface area (TPSA) is 220 Å². The van der Waals surface area contributed by atoms with Gasteiger partial charge in [-0.3, -0.25) is 23.9 Å². The largest absolute Gasteiger partial charge is 0.508 e. The van der Waals surface area contributed by atoms with Gasteiger partial charge in [-0.1, -0.05) is 39.8 Å². The molecule has 10 rings (SSSR count). The fourth-order valence-electron chi connectivity index (χ4n) is 10.3. The van der Waals surface area contributed by atoms with Crippen molar-refractivity contribution in [3.05, 3.63) is 134 Å². The number of hydrogen-bond acceptors (Lipinski definition) is 14. The molecule has 1 unspecified atom stereocenters. The number of amides is 1. The van der Waals surface area contributed by atoms with E-state index in [0.717, 1.165) is 22.1 Å². The maximum absolute atomic E-state index is 14.2. The first kappa shape index (κ1) is 47.6. The molecule has 7 aromatic rings. The van der Waals surface area contributed by atoms with Crippen LogP contribution in [0.25, 0.3) is 39.4 Å². The quantitative estimate of drug-likeness (QED) is 0.0802. The molecule has 1 atom stereocenters. The molecule has 72 heavy (non-hydrogen) atoms. The van der Waals surface area contributed by atoms with E-state index >= 15 is 0 Å². The van der Waals surface area contributed by atoms with Crippen molar-refractivity contribution in [1.82, 2.24) is 34.5 Å². The third-order valence-electron chi connectivity index (χ3n) is 14.2. The lowest BCUT2D eigenvalue weighted by molar-refractivity contribution is -0.192. The van der Waals surface area contributed by atoms with Crippen LogP contribution in [0.3, 0.4) is 0 Å². The minimum absolute atomic E-state index is 0.0250. The van der Waals surface area contributed by atoms with Crippen LogP contribution in [-0.4, -0.2) is 82.0 Å². The predicted octanol–water partition coefficient (Wildman–Crippen LogP) is 8.14. The highest BCUT2D eigenvalue weighted by atomic mass is 16.6. The van der Waals surface area contributed by atoms with Crippen LogP contribution in [0.2, 0.25) is 0 Å². The Bertz CT molecular complexity index is 3360. The number of pyridine rings is 2. The molecule has 1 amide bonds. The van der Waals surface area contributed by atoms with Crippen LogP contribution in [0.15, 0.2) is 89.7 Å². The average Bonchev–Trinajstić information content (AvgIpc) is 3.98. The molecule has 1 saturated heterocycles. The van der Waals surface area contributed by atoms with Gasteiger partial charge in [-0.2, -0.15) is 0 Å². The number of likely N-dealkylation sites (tertiary alicyclic amines) is 1. The average molecular weight is 974 g/mol. The standard InChI is InChI=1S/C55H55N7O10/c1-6-37-39-23-34(63)13-18-44(39)57-48-41(37)28-61-45(48)25-43-42(52(61)67)29-70-54(69)55(43,7-2)72-53(68)32-19-21-60(22-20-32)27-31-9-14-35(15-10-31)71-36-16-11-33(12-17-36)62-49(58-59-50(62)51(66)56-8-3)40-24-38(30(4)5)46(64)26-47(40)65/h9-18,23-26,30,32,63-65H,6-8,19-22,27-29H2,1-5H3,(H,56,66). The summed E-state index contributed by atoms with van der Waals surface area (Å²) in [7, 11) is 0. The normalized spacial score (nSPS) is 16.6. The summed E-state index contributed by atoms with van der Waals surface area (Å²) in [6, 6.07) is 24.5. The lowest BCUT2D eigenvalue weighted by Gasteiger charge is -2.38. The van der Waals surface area contributed by atoms with Gasteiger partial charge < -0.3 is 39.4 Å². The Balaban J connectivity index is 0.797. The van der Waals surface area contributed by atoms with Gasteiger partial charge in [-0.05, 0) is 135 Å². The number of fused-ring (bicyclic) bond motifs is 5. The number of piperidine rings is 1. The highest BCUT2D eigenvalue weighted by molar-refractivity contribution is 5.93. The third kappa shape index (κ3) is 8.36. The van der Waals surface area contributed by atoms with Crippen molar-refractivity contribution in [3.8, 4) is 57.2 Å². The number of phenolic OH excluding ortho intramolecular Hbond substituents is 3. The molecule has 3 aliphatic heterocycles. The number of phenols is 3. The second kappa shape index (κ2) is 18.9. The van der Waals surface area contributed by atoms with Crippen molar-refractivity contribution in [2.75, 3.05) is 19.6 Å². The van der Waals surface area contributed by atoms with E-state index in [2.05, 4.69) is 20.4 Å². The number of esters is 2. The lowest BCUT2D eigenvalue weighted by atomic mass is 9.85. The van der Waals surface area contributed by atoms with Crippen LogP contribution in [0.5, 0.6) is 28.7 Å². The summed E-state index contributed by atoms with van der Waals surface area (Å²) in [6.07, 6.45) is 1.76. The van der Waals surface area contributed by atoms with Crippen LogP contribution in [0, 0.1) is 5.92 Å². The number of aryl methyl sites for hydroxylation is 1. The smallest absolute Gasteiger partial charge is 0.355 e. The molecule has 1 fully saturated rings. The molecule has 6 heterocycles. The number of benzene rings is 4. The fourth-order valence-corrected chi connectivity index (χ4v) is 10.3. The number of hydrogen-bond donors (Lipinski definition) is 4. The number of nitrogens with zero attached hydrogens (tertiary/aromatic N) is 6. The van der Waals surface area contributed by atoms with E-state index < -0.39 is 29.4 Å². The van der Waals surface area contributed by atoms with Gasteiger partial charge in [0.25, 0.3) is 11.5 Å². The van der Waals surface area contributed by atoms with Gasteiger partial charge in [0.1, 0.15) is 35.4 Å². The summed E-state index contributed by atoms with van der Waals surface area (Å²) in [5.74, 6) is -0.884. The van der Waals surface area contributed by atoms with Crippen molar-refractivity contribution in [2.24, 2.45) is 5.92 Å². The molecule has 17 heteroatoms. The number of rotatable bonds is 13. The minimum Gasteiger partial charge on any atom is -0.508 e. The van der Waals surface area contributed by atoms with E-state index in [-0.39, 0.29) is 65.5 Å². The first-order chi connectivity index (χ1) is 34.7. The SMILES string of the molecule is CCNC(=O)c1nnc(-c2cc(C(C)C)c(O)cc2O)n1-c1ccc(Oc2ccc(CN3CCC(C(=O)OC4(CC)C(=O)OCc5c4cc4n(c5=O)Cc5c-4nc4ccc(O)cc4c5CC)CC3)cc2)cc1. The molecule has 3 aliphatic rings. The van der Waals surface area contributed by atoms with E-state index in [1.165, 1.54) is 6.07 Å². The summed E-state index contributed by atoms with van der Waals surface area (Å²) in [6.45, 7) is 11.7. The molecule has 17 nitrogen and oxygen atoms in total. The molecule has 0 bridgehead atoms. The Morgan fingerprint density at radius 1 is 0.875 bits per heavy atom. The maximum Gasteiger partial charge on any atom is 0.355 e. The predicted molar refractivity (Wildman–Crippen MR) is 266 cm³/mol. The van der Waals surface area contributed by atoms with Crippen molar-refractivity contribution in [2.45, 2.75) is 91.5 Å². The zero-order chi connectivity index (χ0) is 50.6. The van der Waals surface area contributed by atoms with E-state index in [1.807, 2.05) is 45.0 Å².